The maximum atomic E-state index is 10.0. The molecule has 3 aromatic rings. The van der Waals surface area contributed by atoms with Crippen LogP contribution in [0.1, 0.15) is 67.1 Å². The first-order chi connectivity index (χ1) is 15.0. The van der Waals surface area contributed by atoms with Gasteiger partial charge in [-0.3, -0.25) is 0 Å². The lowest BCUT2D eigenvalue weighted by atomic mass is 9.77. The Morgan fingerprint density at radius 1 is 1.00 bits per heavy atom. The van der Waals surface area contributed by atoms with Crippen LogP contribution in [0.15, 0.2) is 36.8 Å². The molecule has 0 unspecified atom stereocenters. The highest BCUT2D eigenvalue weighted by molar-refractivity contribution is 5.67. The Morgan fingerprint density at radius 2 is 1.59 bits per heavy atom. The van der Waals surface area contributed by atoms with Gasteiger partial charge < -0.3 is 10.4 Å². The molecule has 0 saturated carbocycles. The highest BCUT2D eigenvalue weighted by atomic mass is 16.3. The molecule has 3 heterocycles. The van der Waals surface area contributed by atoms with Crippen LogP contribution in [0.5, 0.6) is 5.75 Å². The number of phenolic OH excluding ortho intramolecular Hbond substituents is 1. The molecule has 1 aromatic carbocycles. The highest BCUT2D eigenvalue weighted by Crippen LogP contribution is 2.32. The predicted octanol–water partition coefficient (Wildman–Crippen LogP) is 4.72. The Labute approximate surface area is 191 Å². The fraction of sp³-hybridized carbons (Fsp3) is 0.542. The molecule has 0 spiro atoms. The van der Waals surface area contributed by atoms with E-state index in [1.54, 1.807) is 43.7 Å². The van der Waals surface area contributed by atoms with Crippen molar-refractivity contribution in [3.63, 3.8) is 0 Å². The molecule has 0 radical (unpaired) electrons. The first-order valence-corrected chi connectivity index (χ1v) is 11.2. The van der Waals surface area contributed by atoms with Crippen LogP contribution in [-0.2, 0) is 0 Å². The lowest BCUT2D eigenvalue weighted by Gasteiger charge is -2.45. The average Bonchev–Trinajstić information content (AvgIpc) is 3.23. The van der Waals surface area contributed by atoms with Gasteiger partial charge in [0, 0.05) is 22.7 Å². The summed E-state index contributed by atoms with van der Waals surface area (Å²) in [5.74, 6) is 1.52. The molecule has 0 bridgehead atoms. The number of benzene rings is 1. The maximum absolute atomic E-state index is 10.0. The summed E-state index contributed by atoms with van der Waals surface area (Å²) in [4.78, 5) is 5.47. The summed E-state index contributed by atoms with van der Waals surface area (Å²) in [5, 5.41) is 29.6. The van der Waals surface area contributed by atoms with Crippen molar-refractivity contribution >= 4 is 0 Å². The minimum absolute atomic E-state index is 0.0785. The van der Waals surface area contributed by atoms with Crippen molar-refractivity contribution in [3.05, 3.63) is 42.6 Å². The van der Waals surface area contributed by atoms with E-state index in [2.05, 4.69) is 65.3 Å². The second-order valence-corrected chi connectivity index (χ2v) is 9.32. The number of rotatable bonds is 2. The van der Waals surface area contributed by atoms with E-state index in [1.165, 1.54) is 17.6 Å². The van der Waals surface area contributed by atoms with Crippen LogP contribution in [-0.4, -0.2) is 46.4 Å². The SMILES string of the molecule is CC.CC1CC(C)(C)NC(C)(C)C1.Cc1ncc(-c2ccc(-n3nccn3)cc2O)nn1. The molecule has 0 amide bonds. The van der Waals surface area contributed by atoms with Gasteiger partial charge in [-0.2, -0.15) is 15.0 Å². The van der Waals surface area contributed by atoms with Crippen molar-refractivity contribution in [1.82, 2.24) is 35.5 Å². The molecule has 32 heavy (non-hydrogen) atoms. The number of nitrogens with zero attached hydrogens (tertiary/aromatic N) is 6. The molecule has 0 atom stereocenters. The molecular weight excluding hydrogens is 402 g/mol. The van der Waals surface area contributed by atoms with E-state index in [-0.39, 0.29) is 5.75 Å². The van der Waals surface area contributed by atoms with Crippen molar-refractivity contribution < 1.29 is 5.11 Å². The van der Waals surface area contributed by atoms with Crippen molar-refractivity contribution in [2.45, 2.75) is 79.3 Å². The molecule has 1 aliphatic rings. The highest BCUT2D eigenvalue weighted by Gasteiger charge is 2.35. The van der Waals surface area contributed by atoms with E-state index >= 15 is 0 Å². The van der Waals surface area contributed by atoms with Gasteiger partial charge in [-0.1, -0.05) is 20.8 Å². The lowest BCUT2D eigenvalue weighted by molar-refractivity contribution is 0.138. The number of aryl methyl sites for hydroxylation is 1. The fourth-order valence-corrected chi connectivity index (χ4v) is 4.50. The van der Waals surface area contributed by atoms with Gasteiger partial charge in [0.2, 0.25) is 0 Å². The van der Waals surface area contributed by atoms with E-state index in [9.17, 15) is 5.11 Å². The zero-order valence-electron chi connectivity index (χ0n) is 20.6. The Bertz CT molecular complexity index is 951. The number of nitrogens with one attached hydrogen (secondary N) is 1. The number of aromatic nitrogens is 6. The average molecular weight is 440 g/mol. The van der Waals surface area contributed by atoms with Crippen LogP contribution in [0.25, 0.3) is 16.9 Å². The summed E-state index contributed by atoms with van der Waals surface area (Å²) >= 11 is 0. The lowest BCUT2D eigenvalue weighted by Crippen LogP contribution is -2.57. The maximum Gasteiger partial charge on any atom is 0.147 e. The van der Waals surface area contributed by atoms with Gasteiger partial charge in [-0.05, 0) is 65.5 Å². The summed E-state index contributed by atoms with van der Waals surface area (Å²) < 4.78 is 0. The summed E-state index contributed by atoms with van der Waals surface area (Å²) in [5.41, 5.74) is 2.42. The number of hydrogen-bond donors (Lipinski definition) is 2. The van der Waals surface area contributed by atoms with Crippen LogP contribution in [0, 0.1) is 12.8 Å². The molecule has 174 valence electrons. The molecule has 4 rings (SSSR count). The zero-order valence-corrected chi connectivity index (χ0v) is 20.6. The van der Waals surface area contributed by atoms with E-state index in [0.717, 1.165) is 5.92 Å². The molecule has 1 fully saturated rings. The molecule has 2 aromatic heterocycles. The minimum atomic E-state index is 0.0785. The third-order valence-electron chi connectivity index (χ3n) is 4.98. The van der Waals surface area contributed by atoms with Crippen LogP contribution in [0.3, 0.4) is 0 Å². The molecular formula is C24H37N7O. The molecule has 8 nitrogen and oxygen atoms in total. The van der Waals surface area contributed by atoms with E-state index in [4.69, 9.17) is 0 Å². The largest absolute Gasteiger partial charge is 0.507 e. The fourth-order valence-electron chi connectivity index (χ4n) is 4.50. The van der Waals surface area contributed by atoms with Crippen molar-refractivity contribution in [3.8, 4) is 22.7 Å². The second kappa shape index (κ2) is 10.6. The van der Waals surface area contributed by atoms with Gasteiger partial charge in [0.15, 0.2) is 0 Å². The Morgan fingerprint density at radius 3 is 2.06 bits per heavy atom. The number of phenols is 1. The summed E-state index contributed by atoms with van der Waals surface area (Å²) in [6.07, 6.45) is 7.32. The van der Waals surface area contributed by atoms with Gasteiger partial charge in [0.05, 0.1) is 24.3 Å². The molecule has 1 aliphatic heterocycles. The van der Waals surface area contributed by atoms with Gasteiger partial charge >= 0.3 is 0 Å². The number of aromatic hydroxyl groups is 1. The quantitative estimate of drug-likeness (QED) is 0.595. The van der Waals surface area contributed by atoms with Gasteiger partial charge in [0.1, 0.15) is 17.3 Å². The Balaban J connectivity index is 0.000000239. The van der Waals surface area contributed by atoms with Gasteiger partial charge in [-0.15, -0.1) is 10.2 Å². The van der Waals surface area contributed by atoms with Crippen LogP contribution in [0.2, 0.25) is 0 Å². The second-order valence-electron chi connectivity index (χ2n) is 9.32. The third kappa shape index (κ3) is 7.09. The summed E-state index contributed by atoms with van der Waals surface area (Å²) in [6, 6.07) is 5.09. The summed E-state index contributed by atoms with van der Waals surface area (Å²) in [6.45, 7) is 17.3. The first kappa shape index (κ1) is 25.4. The van der Waals surface area contributed by atoms with Crippen molar-refractivity contribution in [2.24, 2.45) is 5.92 Å². The smallest absolute Gasteiger partial charge is 0.147 e. The Kier molecular flexibility index (Phi) is 8.44. The molecule has 2 N–H and O–H groups in total. The van der Waals surface area contributed by atoms with Crippen LogP contribution < -0.4 is 5.32 Å². The van der Waals surface area contributed by atoms with Gasteiger partial charge in [-0.25, -0.2) is 4.98 Å². The standard InChI is InChI=1S/C12H10N6O.C10H21N.C2H6/c1-8-13-7-11(17-16-8)10-3-2-9(6-12(10)19)18-14-4-5-15-18;1-8-6-9(2,3)11-10(4,5)7-8;1-2/h2-7,19H,1H3;8,11H,6-7H2,1-5H3;1-2H3. The van der Waals surface area contributed by atoms with Crippen molar-refractivity contribution in [2.75, 3.05) is 0 Å². The monoisotopic (exact) mass is 439 g/mol. The van der Waals surface area contributed by atoms with Gasteiger partial charge in [0.25, 0.3) is 0 Å². The molecule has 0 aliphatic carbocycles. The van der Waals surface area contributed by atoms with E-state index in [0.29, 0.717) is 33.8 Å². The van der Waals surface area contributed by atoms with E-state index < -0.39 is 0 Å². The Hall–Kier alpha value is -2.87. The van der Waals surface area contributed by atoms with Crippen LogP contribution >= 0.6 is 0 Å². The number of hydrogen-bond acceptors (Lipinski definition) is 7. The molecule has 8 heteroatoms. The van der Waals surface area contributed by atoms with Crippen LogP contribution in [0.4, 0.5) is 0 Å². The number of piperidine rings is 1. The normalized spacial score (nSPS) is 16.9. The minimum Gasteiger partial charge on any atom is -0.507 e. The first-order valence-electron chi connectivity index (χ1n) is 11.2. The molecule has 1 saturated heterocycles. The van der Waals surface area contributed by atoms with E-state index in [1.807, 2.05) is 13.8 Å². The summed E-state index contributed by atoms with van der Waals surface area (Å²) in [7, 11) is 0. The van der Waals surface area contributed by atoms with Crippen molar-refractivity contribution in [1.29, 1.82) is 0 Å². The topological polar surface area (TPSA) is 102 Å². The zero-order chi connectivity index (χ0) is 23.9. The third-order valence-corrected chi connectivity index (χ3v) is 4.98. The predicted molar refractivity (Wildman–Crippen MR) is 128 cm³/mol.